The number of benzene rings is 1. The normalized spacial score (nSPS) is 9.11. The van der Waals surface area contributed by atoms with Gasteiger partial charge in [-0.1, -0.05) is 39.8 Å². The third-order valence-corrected chi connectivity index (χ3v) is 2.35. The van der Waals surface area contributed by atoms with E-state index in [2.05, 4.69) is 28.2 Å². The molecule has 3 rings (SSSR count). The van der Waals surface area contributed by atoms with Crippen LogP contribution in [0.2, 0.25) is 0 Å². The summed E-state index contributed by atoms with van der Waals surface area (Å²) in [7, 11) is 0. The molecule has 2 aromatic heterocycles. The van der Waals surface area contributed by atoms with Crippen molar-refractivity contribution in [3.63, 3.8) is 0 Å². The maximum Gasteiger partial charge on any atom is 0.0795 e. The maximum absolute atomic E-state index is 4.37. The van der Waals surface area contributed by atoms with Crippen LogP contribution in [0.1, 0.15) is 27.7 Å². The van der Waals surface area contributed by atoms with Crippen molar-refractivity contribution in [1.29, 1.82) is 0 Å². The molecule has 0 aliphatic heterocycles. The van der Waals surface area contributed by atoms with E-state index in [0.717, 1.165) is 21.8 Å². The van der Waals surface area contributed by atoms with Gasteiger partial charge in [0, 0.05) is 23.2 Å². The molecule has 0 saturated carbocycles. The second-order valence-electron chi connectivity index (χ2n) is 3.21. The minimum absolute atomic E-state index is 0.999. The van der Waals surface area contributed by atoms with Crippen molar-refractivity contribution in [3.8, 4) is 0 Å². The summed E-state index contributed by atoms with van der Waals surface area (Å²) in [5.74, 6) is 0. The van der Waals surface area contributed by atoms with Crippen LogP contribution >= 0.6 is 0 Å². The summed E-state index contributed by atoms with van der Waals surface area (Å²) in [4.78, 5) is 8.66. The first-order valence-electron chi connectivity index (χ1n) is 6.53. The molecule has 0 spiro atoms. The summed E-state index contributed by atoms with van der Waals surface area (Å²) < 4.78 is 0. The monoisotopic (exact) mass is 240 g/mol. The van der Waals surface area contributed by atoms with Crippen molar-refractivity contribution in [1.82, 2.24) is 9.97 Å². The highest BCUT2D eigenvalue weighted by Gasteiger charge is 1.99. The molecule has 94 valence electrons. The maximum atomic E-state index is 4.37. The summed E-state index contributed by atoms with van der Waals surface area (Å²) >= 11 is 0. The Balaban J connectivity index is 0.000000371. The van der Waals surface area contributed by atoms with Crippen LogP contribution in [0.25, 0.3) is 21.8 Å². The van der Waals surface area contributed by atoms with E-state index < -0.39 is 0 Å². The third-order valence-electron chi connectivity index (χ3n) is 2.35. The van der Waals surface area contributed by atoms with Gasteiger partial charge < -0.3 is 0 Å². The molecule has 0 saturated heterocycles. The minimum atomic E-state index is 0.999. The Hall–Kier alpha value is -1.96. The number of pyridine rings is 2. The number of aromatic nitrogens is 2. The van der Waals surface area contributed by atoms with Crippen molar-refractivity contribution in [2.45, 2.75) is 27.7 Å². The first kappa shape index (κ1) is 14.1. The van der Waals surface area contributed by atoms with Gasteiger partial charge in [0.05, 0.1) is 11.0 Å². The largest absolute Gasteiger partial charge is 0.256 e. The minimum Gasteiger partial charge on any atom is -0.256 e. The van der Waals surface area contributed by atoms with Crippen LogP contribution in [0.4, 0.5) is 0 Å². The summed E-state index contributed by atoms with van der Waals surface area (Å²) in [6.45, 7) is 8.00. The van der Waals surface area contributed by atoms with Gasteiger partial charge in [-0.25, -0.2) is 0 Å². The summed E-state index contributed by atoms with van der Waals surface area (Å²) in [6, 6.07) is 12.1. The number of rotatable bonds is 0. The third kappa shape index (κ3) is 2.83. The molecule has 3 aromatic rings. The van der Waals surface area contributed by atoms with Gasteiger partial charge in [0.1, 0.15) is 0 Å². The van der Waals surface area contributed by atoms with Gasteiger partial charge in [-0.15, -0.1) is 0 Å². The molecule has 2 heterocycles. The Morgan fingerprint density at radius 2 is 1.39 bits per heavy atom. The molecule has 0 aliphatic carbocycles. The van der Waals surface area contributed by atoms with Crippen molar-refractivity contribution in [2.24, 2.45) is 0 Å². The zero-order valence-corrected chi connectivity index (χ0v) is 11.5. The topological polar surface area (TPSA) is 25.8 Å². The van der Waals surface area contributed by atoms with Crippen LogP contribution in [0.3, 0.4) is 0 Å². The number of hydrogen-bond donors (Lipinski definition) is 0. The van der Waals surface area contributed by atoms with E-state index in [4.69, 9.17) is 0 Å². The van der Waals surface area contributed by atoms with Crippen molar-refractivity contribution >= 4 is 21.8 Å². The van der Waals surface area contributed by atoms with Gasteiger partial charge in [-0.2, -0.15) is 0 Å². The average molecular weight is 240 g/mol. The Morgan fingerprint density at radius 1 is 0.722 bits per heavy atom. The van der Waals surface area contributed by atoms with E-state index in [-0.39, 0.29) is 0 Å². The van der Waals surface area contributed by atoms with E-state index in [0.29, 0.717) is 0 Å². The molecule has 0 unspecified atom stereocenters. The first-order valence-corrected chi connectivity index (χ1v) is 6.53. The van der Waals surface area contributed by atoms with E-state index in [1.165, 1.54) is 0 Å². The fraction of sp³-hybridized carbons (Fsp3) is 0.250. The van der Waals surface area contributed by atoms with Crippen LogP contribution < -0.4 is 0 Å². The molecule has 2 heteroatoms. The molecule has 0 fully saturated rings. The molecule has 0 aliphatic rings. The van der Waals surface area contributed by atoms with Crippen LogP contribution in [-0.2, 0) is 0 Å². The number of fused-ring (bicyclic) bond motifs is 3. The molecule has 0 amide bonds. The fourth-order valence-electron chi connectivity index (χ4n) is 1.70. The second kappa shape index (κ2) is 7.38. The highest BCUT2D eigenvalue weighted by atomic mass is 14.7. The van der Waals surface area contributed by atoms with E-state index >= 15 is 0 Å². The van der Waals surface area contributed by atoms with Gasteiger partial charge in [0.2, 0.25) is 0 Å². The molecule has 2 nitrogen and oxygen atoms in total. The predicted octanol–water partition coefficient (Wildman–Crippen LogP) is 4.84. The highest BCUT2D eigenvalue weighted by Crippen LogP contribution is 2.20. The van der Waals surface area contributed by atoms with Gasteiger partial charge in [-0.05, 0) is 24.3 Å². The molecule has 18 heavy (non-hydrogen) atoms. The smallest absolute Gasteiger partial charge is 0.0795 e. The SMILES string of the molecule is CC.CC.c1cnc2c(c1)ccc1ncccc12. The standard InChI is InChI=1S/C12H8N2.2C2H6/c1-3-9-5-6-11-10(4-2-7-13-11)12(9)14-8-1;2*1-2/h1-8H;2*1-2H3. The lowest BCUT2D eigenvalue weighted by atomic mass is 10.1. The van der Waals surface area contributed by atoms with Gasteiger partial charge >= 0.3 is 0 Å². The predicted molar refractivity (Wildman–Crippen MR) is 79.7 cm³/mol. The number of hydrogen-bond acceptors (Lipinski definition) is 2. The zero-order valence-electron chi connectivity index (χ0n) is 11.5. The summed E-state index contributed by atoms with van der Waals surface area (Å²) in [6.07, 6.45) is 3.62. The van der Waals surface area contributed by atoms with Gasteiger partial charge in [0.25, 0.3) is 0 Å². The van der Waals surface area contributed by atoms with Crippen LogP contribution in [0.15, 0.2) is 48.8 Å². The molecule has 0 bridgehead atoms. The lowest BCUT2D eigenvalue weighted by molar-refractivity contribution is 1.39. The molecule has 0 atom stereocenters. The lowest BCUT2D eigenvalue weighted by Crippen LogP contribution is -1.82. The highest BCUT2D eigenvalue weighted by molar-refractivity contribution is 6.03. The molecule has 0 N–H and O–H groups in total. The van der Waals surface area contributed by atoms with Crippen LogP contribution in [0, 0.1) is 0 Å². The van der Waals surface area contributed by atoms with E-state index in [1.54, 1.807) is 6.20 Å². The van der Waals surface area contributed by atoms with Crippen LogP contribution in [-0.4, -0.2) is 9.97 Å². The van der Waals surface area contributed by atoms with Gasteiger partial charge in [-0.3, -0.25) is 9.97 Å². The van der Waals surface area contributed by atoms with Gasteiger partial charge in [0.15, 0.2) is 0 Å². The second-order valence-corrected chi connectivity index (χ2v) is 3.21. The first-order chi connectivity index (χ1) is 8.95. The zero-order chi connectivity index (χ0) is 13.4. The molecular weight excluding hydrogens is 220 g/mol. The van der Waals surface area contributed by atoms with E-state index in [1.807, 2.05) is 52.1 Å². The van der Waals surface area contributed by atoms with E-state index in [9.17, 15) is 0 Å². The number of nitrogens with zero attached hydrogens (tertiary/aromatic N) is 2. The molecule has 0 radical (unpaired) electrons. The Bertz CT molecular complexity index is 548. The fourth-order valence-corrected chi connectivity index (χ4v) is 1.70. The summed E-state index contributed by atoms with van der Waals surface area (Å²) in [5, 5.41) is 2.28. The Kier molecular flexibility index (Phi) is 5.78. The van der Waals surface area contributed by atoms with Crippen molar-refractivity contribution in [2.75, 3.05) is 0 Å². The average Bonchev–Trinajstić information content (AvgIpc) is 2.51. The molecule has 1 aromatic carbocycles. The summed E-state index contributed by atoms with van der Waals surface area (Å²) in [5.41, 5.74) is 2.02. The Morgan fingerprint density at radius 3 is 2.17 bits per heavy atom. The van der Waals surface area contributed by atoms with Crippen molar-refractivity contribution < 1.29 is 0 Å². The van der Waals surface area contributed by atoms with Crippen molar-refractivity contribution in [3.05, 3.63) is 48.8 Å². The van der Waals surface area contributed by atoms with Crippen LogP contribution in [0.5, 0.6) is 0 Å². The quantitative estimate of drug-likeness (QED) is 0.526. The Labute approximate surface area is 109 Å². The lowest BCUT2D eigenvalue weighted by Gasteiger charge is -2.00. The molecular formula is C16H20N2.